The number of carbonyl (C=O) groups is 3. The Bertz CT molecular complexity index is 1200. The maximum absolute atomic E-state index is 13.7. The number of pyridine rings is 1. The van der Waals surface area contributed by atoms with Crippen molar-refractivity contribution in [2.24, 2.45) is 5.92 Å². The van der Waals surface area contributed by atoms with Gasteiger partial charge in [-0.25, -0.2) is 5.06 Å². The molecule has 2 aromatic carbocycles. The van der Waals surface area contributed by atoms with Gasteiger partial charge in [0.05, 0.1) is 29.9 Å². The van der Waals surface area contributed by atoms with Crippen LogP contribution in [0.15, 0.2) is 66.9 Å². The first-order valence-electron chi connectivity index (χ1n) is 12.9. The first kappa shape index (κ1) is 26.3. The van der Waals surface area contributed by atoms with Gasteiger partial charge in [0.2, 0.25) is 18.2 Å². The molecule has 2 heterocycles. The molecule has 4 rings (SSSR count). The minimum absolute atomic E-state index is 0.113. The van der Waals surface area contributed by atoms with E-state index in [0.717, 1.165) is 35.7 Å². The molecule has 1 saturated heterocycles. The van der Waals surface area contributed by atoms with Gasteiger partial charge in [0.1, 0.15) is 12.6 Å². The van der Waals surface area contributed by atoms with Crippen LogP contribution in [0.4, 0.5) is 5.69 Å². The highest BCUT2D eigenvalue weighted by molar-refractivity contribution is 5.99. The zero-order valence-electron chi connectivity index (χ0n) is 21.2. The van der Waals surface area contributed by atoms with Gasteiger partial charge in [0.25, 0.3) is 0 Å². The zero-order chi connectivity index (χ0) is 26.0. The smallest absolute Gasteiger partial charge is 0.247 e. The Morgan fingerprint density at radius 2 is 1.97 bits per heavy atom. The highest BCUT2D eigenvalue weighted by Gasteiger charge is 2.37. The highest BCUT2D eigenvalue weighted by atomic mass is 16.7. The summed E-state index contributed by atoms with van der Waals surface area (Å²) in [5.41, 5.74) is 2.39. The van der Waals surface area contributed by atoms with Crippen molar-refractivity contribution in [3.05, 3.63) is 72.4 Å². The van der Waals surface area contributed by atoms with Gasteiger partial charge in [-0.2, -0.15) is 0 Å². The number of carbonyl (C=O) groups excluding carboxylic acids is 3. The fourth-order valence-electron chi connectivity index (χ4n) is 4.72. The predicted molar refractivity (Wildman–Crippen MR) is 142 cm³/mol. The Morgan fingerprint density at radius 1 is 1.19 bits per heavy atom. The third-order valence-corrected chi connectivity index (χ3v) is 6.71. The van der Waals surface area contributed by atoms with E-state index in [9.17, 15) is 14.4 Å². The minimum atomic E-state index is -0.557. The van der Waals surface area contributed by atoms with Gasteiger partial charge in [-0.15, -0.1) is 0 Å². The molecule has 0 bridgehead atoms. The number of aromatic nitrogens is 1. The molecule has 0 radical (unpaired) electrons. The Morgan fingerprint density at radius 3 is 2.76 bits per heavy atom. The number of anilines is 1. The van der Waals surface area contributed by atoms with Gasteiger partial charge in [0, 0.05) is 11.9 Å². The Labute approximate surface area is 217 Å². The van der Waals surface area contributed by atoms with E-state index in [1.807, 2.05) is 60.7 Å². The fourth-order valence-corrected chi connectivity index (χ4v) is 4.72. The molecule has 2 atom stereocenters. The average molecular weight is 503 g/mol. The van der Waals surface area contributed by atoms with Crippen molar-refractivity contribution in [2.75, 3.05) is 18.4 Å². The van der Waals surface area contributed by atoms with Crippen LogP contribution in [0, 0.1) is 5.92 Å². The van der Waals surface area contributed by atoms with E-state index in [4.69, 9.17) is 4.84 Å². The summed E-state index contributed by atoms with van der Waals surface area (Å²) < 4.78 is 0. The largest absolute Gasteiger partial charge is 0.330 e. The molecule has 8 nitrogen and oxygen atoms in total. The summed E-state index contributed by atoms with van der Waals surface area (Å²) in [5, 5.41) is 5.09. The lowest BCUT2D eigenvalue weighted by atomic mass is 9.99. The van der Waals surface area contributed by atoms with Crippen molar-refractivity contribution in [2.45, 2.75) is 51.7 Å². The topological polar surface area (TPSA) is 91.8 Å². The van der Waals surface area contributed by atoms with E-state index in [1.165, 1.54) is 5.06 Å². The number of unbranched alkanes of at least 4 members (excludes halogenated alkanes) is 1. The predicted octanol–water partition coefficient (Wildman–Crippen LogP) is 4.56. The summed E-state index contributed by atoms with van der Waals surface area (Å²) in [5.74, 6) is -0.778. The number of likely N-dealkylation sites (tertiary alicyclic amines) is 1. The maximum atomic E-state index is 13.7. The quantitative estimate of drug-likeness (QED) is 0.290. The summed E-state index contributed by atoms with van der Waals surface area (Å²) in [4.78, 5) is 50.4. The molecule has 0 aliphatic carbocycles. The molecule has 3 aromatic rings. The van der Waals surface area contributed by atoms with Gasteiger partial charge in [0.15, 0.2) is 0 Å². The third kappa shape index (κ3) is 6.92. The number of hydrogen-bond donors (Lipinski definition) is 1. The lowest BCUT2D eigenvalue weighted by Crippen LogP contribution is -2.47. The molecule has 37 heavy (non-hydrogen) atoms. The molecule has 1 aliphatic heterocycles. The lowest BCUT2D eigenvalue weighted by molar-refractivity contribution is -0.183. The normalized spacial score (nSPS) is 15.9. The van der Waals surface area contributed by atoms with Crippen molar-refractivity contribution in [1.82, 2.24) is 14.9 Å². The van der Waals surface area contributed by atoms with Crippen LogP contribution in [0.25, 0.3) is 10.9 Å². The van der Waals surface area contributed by atoms with E-state index in [2.05, 4.69) is 17.2 Å². The van der Waals surface area contributed by atoms with Crippen molar-refractivity contribution in [1.29, 1.82) is 0 Å². The van der Waals surface area contributed by atoms with Crippen LogP contribution in [0.1, 0.15) is 44.6 Å². The van der Waals surface area contributed by atoms with Crippen LogP contribution < -0.4 is 5.32 Å². The molecule has 194 valence electrons. The number of para-hydroxylation sites is 1. The second kappa shape index (κ2) is 13.0. The second-order valence-electron chi connectivity index (χ2n) is 9.40. The van der Waals surface area contributed by atoms with Crippen LogP contribution in [0.5, 0.6) is 0 Å². The molecule has 1 aromatic heterocycles. The molecular formula is C29H34N4O4. The second-order valence-corrected chi connectivity index (χ2v) is 9.40. The van der Waals surface area contributed by atoms with Crippen molar-refractivity contribution < 1.29 is 19.2 Å². The van der Waals surface area contributed by atoms with E-state index in [-0.39, 0.29) is 25.0 Å². The van der Waals surface area contributed by atoms with Crippen molar-refractivity contribution in [3.63, 3.8) is 0 Å². The van der Waals surface area contributed by atoms with E-state index in [1.54, 1.807) is 11.1 Å². The molecule has 0 saturated carbocycles. The zero-order valence-corrected chi connectivity index (χ0v) is 21.2. The number of rotatable bonds is 12. The standard InChI is InChI=1S/C29H34N4O4/c1-2-3-12-24(19-32(21-34)37-20-22-10-5-4-6-11-22)29(36)33-16-9-15-27(33)28(35)31-25-17-23-13-7-8-14-26(23)30-18-25/h4-8,10-11,13-14,17-18,21,24,27H,2-3,9,12,15-16,19-20H2,1H3,(H,31,35)/t24-,27+/m1/s1. The first-order valence-corrected chi connectivity index (χ1v) is 12.9. The molecule has 1 N–H and O–H groups in total. The number of nitrogens with one attached hydrogen (secondary N) is 1. The van der Waals surface area contributed by atoms with Crippen LogP contribution in [-0.4, -0.2) is 52.3 Å². The molecule has 3 amide bonds. The summed E-state index contributed by atoms with van der Waals surface area (Å²) in [6.45, 7) is 2.97. The van der Waals surface area contributed by atoms with E-state index in [0.29, 0.717) is 31.5 Å². The number of benzene rings is 2. The number of hydrogen-bond acceptors (Lipinski definition) is 5. The third-order valence-electron chi connectivity index (χ3n) is 6.71. The van der Waals surface area contributed by atoms with Gasteiger partial charge < -0.3 is 10.2 Å². The minimum Gasteiger partial charge on any atom is -0.330 e. The van der Waals surface area contributed by atoms with Crippen molar-refractivity contribution >= 4 is 34.8 Å². The first-order chi connectivity index (χ1) is 18.1. The molecule has 0 unspecified atom stereocenters. The summed E-state index contributed by atoms with van der Waals surface area (Å²) >= 11 is 0. The van der Waals surface area contributed by atoms with Gasteiger partial charge in [-0.1, -0.05) is 68.3 Å². The Hall–Kier alpha value is -3.78. The maximum Gasteiger partial charge on any atom is 0.247 e. The highest BCUT2D eigenvalue weighted by Crippen LogP contribution is 2.25. The number of hydroxylamine groups is 2. The molecule has 8 heteroatoms. The molecular weight excluding hydrogens is 468 g/mol. The molecule has 1 fully saturated rings. The molecule has 1 aliphatic rings. The van der Waals surface area contributed by atoms with Crippen LogP contribution in [0.2, 0.25) is 0 Å². The summed E-state index contributed by atoms with van der Waals surface area (Å²) in [6.07, 6.45) is 5.99. The Kier molecular flexibility index (Phi) is 9.21. The van der Waals surface area contributed by atoms with Crippen LogP contribution in [0.3, 0.4) is 0 Å². The number of amides is 3. The van der Waals surface area contributed by atoms with Crippen molar-refractivity contribution in [3.8, 4) is 0 Å². The Balaban J connectivity index is 1.42. The van der Waals surface area contributed by atoms with Gasteiger partial charge >= 0.3 is 0 Å². The number of fused-ring (bicyclic) bond motifs is 1. The average Bonchev–Trinajstić information content (AvgIpc) is 3.43. The SMILES string of the molecule is CCCC[C@H](CN(C=O)OCc1ccccc1)C(=O)N1CCC[C@H]1C(=O)Nc1cnc2ccccc2c1. The summed E-state index contributed by atoms with van der Waals surface area (Å²) in [7, 11) is 0. The van der Waals surface area contributed by atoms with E-state index >= 15 is 0 Å². The molecule has 0 spiro atoms. The monoisotopic (exact) mass is 502 g/mol. The van der Waals surface area contributed by atoms with Crippen LogP contribution in [-0.2, 0) is 25.8 Å². The lowest BCUT2D eigenvalue weighted by Gasteiger charge is -2.30. The van der Waals surface area contributed by atoms with Gasteiger partial charge in [-0.05, 0) is 37.0 Å². The number of nitrogens with zero attached hydrogens (tertiary/aromatic N) is 3. The summed E-state index contributed by atoms with van der Waals surface area (Å²) in [6, 6.07) is 18.6. The van der Waals surface area contributed by atoms with Crippen LogP contribution >= 0.6 is 0 Å². The van der Waals surface area contributed by atoms with Gasteiger partial charge in [-0.3, -0.25) is 24.2 Å². The van der Waals surface area contributed by atoms with E-state index < -0.39 is 12.0 Å². The fraction of sp³-hybridized carbons (Fsp3) is 0.379.